The summed E-state index contributed by atoms with van der Waals surface area (Å²) in [5, 5.41) is 6.14. The van der Waals surface area contributed by atoms with E-state index in [-0.39, 0.29) is 11.7 Å². The standard InChI is InChI=1S/C22H22N4O2/c1-13-10-17-20(18(28)11-13)22(25-16-6-4-3-5-7-16)21(26-17)15-8-9-23-19(12-15)24-14(2)27/h3-9,12-13,25-26H,10-11H2,1-2H3,(H,23,24,27). The van der Waals surface area contributed by atoms with Crippen molar-refractivity contribution in [1.29, 1.82) is 0 Å². The maximum atomic E-state index is 12.8. The number of nitrogens with one attached hydrogen (secondary N) is 3. The van der Waals surface area contributed by atoms with Crippen molar-refractivity contribution >= 4 is 28.9 Å². The van der Waals surface area contributed by atoms with Crippen molar-refractivity contribution in [2.45, 2.75) is 26.7 Å². The number of carbonyl (C=O) groups excluding carboxylic acids is 2. The van der Waals surface area contributed by atoms with Gasteiger partial charge < -0.3 is 15.6 Å². The number of Topliss-reactive ketones (excluding diaryl/α,β-unsaturated/α-hetero) is 1. The number of para-hydroxylation sites is 1. The van der Waals surface area contributed by atoms with Crippen LogP contribution in [0.1, 0.15) is 36.3 Å². The van der Waals surface area contributed by atoms with Gasteiger partial charge in [-0.15, -0.1) is 0 Å². The number of fused-ring (bicyclic) bond motifs is 1. The van der Waals surface area contributed by atoms with Crippen molar-refractivity contribution in [3.63, 3.8) is 0 Å². The minimum Gasteiger partial charge on any atom is -0.356 e. The molecule has 2 aromatic heterocycles. The molecule has 1 amide bonds. The molecule has 0 aliphatic heterocycles. The summed E-state index contributed by atoms with van der Waals surface area (Å²) in [7, 11) is 0. The van der Waals surface area contributed by atoms with Gasteiger partial charge in [-0.2, -0.15) is 0 Å². The van der Waals surface area contributed by atoms with Crippen LogP contribution in [-0.4, -0.2) is 21.7 Å². The monoisotopic (exact) mass is 374 g/mol. The molecular weight excluding hydrogens is 352 g/mol. The zero-order valence-corrected chi connectivity index (χ0v) is 15.9. The first-order chi connectivity index (χ1) is 13.5. The third-order valence-electron chi connectivity index (χ3n) is 4.84. The molecule has 0 spiro atoms. The average Bonchev–Trinajstić information content (AvgIpc) is 3.00. The molecule has 0 saturated carbocycles. The van der Waals surface area contributed by atoms with Gasteiger partial charge in [0.25, 0.3) is 0 Å². The lowest BCUT2D eigenvalue weighted by Crippen LogP contribution is -2.17. The smallest absolute Gasteiger partial charge is 0.222 e. The van der Waals surface area contributed by atoms with Crippen molar-refractivity contribution in [1.82, 2.24) is 9.97 Å². The lowest BCUT2D eigenvalue weighted by atomic mass is 9.87. The summed E-state index contributed by atoms with van der Waals surface area (Å²) in [5.74, 6) is 0.749. The maximum absolute atomic E-state index is 12.8. The van der Waals surface area contributed by atoms with E-state index in [0.717, 1.165) is 40.3 Å². The molecule has 1 atom stereocenters. The summed E-state index contributed by atoms with van der Waals surface area (Å²) in [6, 6.07) is 13.5. The Morgan fingerprint density at radius 3 is 2.71 bits per heavy atom. The summed E-state index contributed by atoms with van der Waals surface area (Å²) < 4.78 is 0. The van der Waals surface area contributed by atoms with E-state index in [4.69, 9.17) is 0 Å². The average molecular weight is 374 g/mol. The van der Waals surface area contributed by atoms with E-state index in [1.54, 1.807) is 6.20 Å². The predicted molar refractivity (Wildman–Crippen MR) is 110 cm³/mol. The molecule has 1 aliphatic rings. The van der Waals surface area contributed by atoms with E-state index in [0.29, 0.717) is 18.2 Å². The van der Waals surface area contributed by atoms with E-state index >= 15 is 0 Å². The lowest BCUT2D eigenvalue weighted by molar-refractivity contribution is -0.114. The molecule has 3 aromatic rings. The molecule has 6 nitrogen and oxygen atoms in total. The number of amides is 1. The Morgan fingerprint density at radius 1 is 1.18 bits per heavy atom. The number of nitrogens with zero attached hydrogens (tertiary/aromatic N) is 1. The van der Waals surface area contributed by atoms with Gasteiger partial charge in [0.15, 0.2) is 5.78 Å². The molecule has 0 bridgehead atoms. The summed E-state index contributed by atoms with van der Waals surface area (Å²) in [5.41, 5.74) is 5.05. The Morgan fingerprint density at radius 2 is 1.96 bits per heavy atom. The van der Waals surface area contributed by atoms with Crippen LogP contribution in [0.3, 0.4) is 0 Å². The molecule has 0 radical (unpaired) electrons. The number of carbonyl (C=O) groups is 2. The molecule has 1 aromatic carbocycles. The van der Waals surface area contributed by atoms with Gasteiger partial charge >= 0.3 is 0 Å². The molecule has 6 heteroatoms. The van der Waals surface area contributed by atoms with Crippen molar-refractivity contribution in [3.05, 3.63) is 59.9 Å². The molecule has 0 fully saturated rings. The number of rotatable bonds is 4. The number of pyridine rings is 1. The fraction of sp³-hybridized carbons (Fsp3) is 0.227. The van der Waals surface area contributed by atoms with Gasteiger partial charge in [0.2, 0.25) is 5.91 Å². The van der Waals surface area contributed by atoms with Gasteiger partial charge in [0.05, 0.1) is 16.9 Å². The lowest BCUT2D eigenvalue weighted by Gasteiger charge is -2.18. The Bertz CT molecular complexity index is 1040. The molecular formula is C22H22N4O2. The second-order valence-electron chi connectivity index (χ2n) is 7.27. The van der Waals surface area contributed by atoms with Crippen molar-refractivity contribution in [3.8, 4) is 11.3 Å². The number of hydrogen-bond acceptors (Lipinski definition) is 4. The van der Waals surface area contributed by atoms with Crippen LogP contribution in [0, 0.1) is 5.92 Å². The van der Waals surface area contributed by atoms with Gasteiger partial charge in [-0.1, -0.05) is 25.1 Å². The Hall–Kier alpha value is -3.41. The normalized spacial score (nSPS) is 15.8. The molecule has 1 unspecified atom stereocenters. The molecule has 0 saturated heterocycles. The van der Waals surface area contributed by atoms with Crippen molar-refractivity contribution < 1.29 is 9.59 Å². The first-order valence-electron chi connectivity index (χ1n) is 9.35. The molecule has 1 aliphatic carbocycles. The van der Waals surface area contributed by atoms with Crippen LogP contribution in [0.15, 0.2) is 48.7 Å². The van der Waals surface area contributed by atoms with Crippen molar-refractivity contribution in [2.24, 2.45) is 5.92 Å². The van der Waals surface area contributed by atoms with Gasteiger partial charge in [0.1, 0.15) is 5.82 Å². The summed E-state index contributed by atoms with van der Waals surface area (Å²) >= 11 is 0. The van der Waals surface area contributed by atoms with Gasteiger partial charge in [-0.25, -0.2) is 4.98 Å². The molecule has 28 heavy (non-hydrogen) atoms. The Balaban J connectivity index is 1.84. The highest BCUT2D eigenvalue weighted by Crippen LogP contribution is 2.40. The summed E-state index contributed by atoms with van der Waals surface area (Å²) in [4.78, 5) is 31.9. The summed E-state index contributed by atoms with van der Waals surface area (Å²) in [6.45, 7) is 3.54. The largest absolute Gasteiger partial charge is 0.356 e. The van der Waals surface area contributed by atoms with E-state index in [1.165, 1.54) is 6.92 Å². The van der Waals surface area contributed by atoms with Crippen LogP contribution in [0.4, 0.5) is 17.2 Å². The Kier molecular flexibility index (Phi) is 4.69. The molecule has 3 N–H and O–H groups in total. The van der Waals surface area contributed by atoms with E-state index in [1.807, 2.05) is 42.5 Å². The van der Waals surface area contributed by atoms with E-state index < -0.39 is 0 Å². The third kappa shape index (κ3) is 3.53. The van der Waals surface area contributed by atoms with Gasteiger partial charge in [-0.05, 0) is 36.6 Å². The van der Waals surface area contributed by atoms with Crippen LogP contribution in [-0.2, 0) is 11.2 Å². The second-order valence-corrected chi connectivity index (χ2v) is 7.27. The molecule has 4 rings (SSSR count). The first-order valence-corrected chi connectivity index (χ1v) is 9.35. The van der Waals surface area contributed by atoms with Crippen LogP contribution < -0.4 is 10.6 Å². The minimum atomic E-state index is -0.179. The SMILES string of the molecule is CC(=O)Nc1cc(-c2[nH]c3c(c2Nc2ccccc2)C(=O)CC(C)C3)ccn1. The van der Waals surface area contributed by atoms with Crippen LogP contribution in [0.5, 0.6) is 0 Å². The topological polar surface area (TPSA) is 86.9 Å². The van der Waals surface area contributed by atoms with Crippen molar-refractivity contribution in [2.75, 3.05) is 10.6 Å². The fourth-order valence-electron chi connectivity index (χ4n) is 3.69. The number of H-pyrrole nitrogens is 1. The zero-order valence-electron chi connectivity index (χ0n) is 15.9. The molecule has 2 heterocycles. The maximum Gasteiger partial charge on any atom is 0.222 e. The number of benzene rings is 1. The quantitative estimate of drug-likeness (QED) is 0.625. The molecule has 142 valence electrons. The number of aromatic nitrogens is 2. The highest BCUT2D eigenvalue weighted by molar-refractivity contribution is 6.07. The van der Waals surface area contributed by atoms with Gasteiger partial charge in [0, 0.05) is 36.5 Å². The van der Waals surface area contributed by atoms with E-state index in [2.05, 4.69) is 27.5 Å². The first kappa shape index (κ1) is 18.0. The number of ketones is 1. The van der Waals surface area contributed by atoms with E-state index in [9.17, 15) is 9.59 Å². The third-order valence-corrected chi connectivity index (χ3v) is 4.84. The Labute approximate surface area is 163 Å². The highest BCUT2D eigenvalue weighted by atomic mass is 16.1. The summed E-state index contributed by atoms with van der Waals surface area (Å²) in [6.07, 6.45) is 3.02. The number of hydrogen-bond donors (Lipinski definition) is 3. The van der Waals surface area contributed by atoms with Crippen LogP contribution >= 0.6 is 0 Å². The number of aromatic amines is 1. The second kappa shape index (κ2) is 7.31. The number of anilines is 3. The van der Waals surface area contributed by atoms with Gasteiger partial charge in [-0.3, -0.25) is 9.59 Å². The van der Waals surface area contributed by atoms with Crippen LogP contribution in [0.2, 0.25) is 0 Å². The predicted octanol–water partition coefficient (Wildman–Crippen LogP) is 4.54. The van der Waals surface area contributed by atoms with Crippen LogP contribution in [0.25, 0.3) is 11.3 Å². The fourth-order valence-corrected chi connectivity index (χ4v) is 3.69. The zero-order chi connectivity index (χ0) is 19.7. The highest BCUT2D eigenvalue weighted by Gasteiger charge is 2.30. The minimum absolute atomic E-state index is 0.144.